The molecule has 0 bridgehead atoms. The van der Waals surface area contributed by atoms with Crippen molar-refractivity contribution in [2.75, 3.05) is 19.6 Å². The molecule has 0 aliphatic carbocycles. The van der Waals surface area contributed by atoms with Crippen LogP contribution in [-0.2, 0) is 0 Å². The summed E-state index contributed by atoms with van der Waals surface area (Å²) in [5.41, 5.74) is 0.416. The van der Waals surface area contributed by atoms with E-state index in [-0.39, 0.29) is 30.7 Å². The predicted octanol–water partition coefficient (Wildman–Crippen LogP) is 2.31. The van der Waals surface area contributed by atoms with Crippen LogP contribution in [0.3, 0.4) is 0 Å². The highest BCUT2D eigenvalue weighted by molar-refractivity contribution is 6.30. The van der Waals surface area contributed by atoms with Crippen LogP contribution in [0.5, 0.6) is 0 Å². The standard InChI is InChI=1S/C12H16ClN3O.2ClH/c13-10-1-2-11(16-8-10)12(17)15-6-4-9-3-5-14-7-9;;/h1-2,8-9,14H,3-7H2,(H,15,17);2*1H. The summed E-state index contributed by atoms with van der Waals surface area (Å²) in [6.07, 6.45) is 3.71. The summed E-state index contributed by atoms with van der Waals surface area (Å²) in [5, 5.41) is 6.72. The van der Waals surface area contributed by atoms with E-state index in [4.69, 9.17) is 11.6 Å². The molecule has 0 saturated carbocycles. The normalized spacial score (nSPS) is 17.2. The first kappa shape index (κ1) is 18.4. The molecule has 0 spiro atoms. The molecule has 108 valence electrons. The van der Waals surface area contributed by atoms with Gasteiger partial charge in [-0.15, -0.1) is 24.8 Å². The van der Waals surface area contributed by atoms with Gasteiger partial charge in [0.15, 0.2) is 0 Å². The molecule has 1 aromatic heterocycles. The van der Waals surface area contributed by atoms with Gasteiger partial charge in [0.05, 0.1) is 5.02 Å². The van der Waals surface area contributed by atoms with Gasteiger partial charge in [0, 0.05) is 12.7 Å². The fourth-order valence-corrected chi connectivity index (χ4v) is 2.06. The average Bonchev–Trinajstić information content (AvgIpc) is 2.83. The Morgan fingerprint density at radius 2 is 2.26 bits per heavy atom. The average molecular weight is 327 g/mol. The number of halogens is 3. The van der Waals surface area contributed by atoms with Gasteiger partial charge in [-0.2, -0.15) is 0 Å². The van der Waals surface area contributed by atoms with E-state index >= 15 is 0 Å². The van der Waals surface area contributed by atoms with Gasteiger partial charge >= 0.3 is 0 Å². The summed E-state index contributed by atoms with van der Waals surface area (Å²) >= 11 is 5.71. The minimum absolute atomic E-state index is 0. The Balaban J connectivity index is 0.00000162. The van der Waals surface area contributed by atoms with Crippen molar-refractivity contribution in [3.8, 4) is 0 Å². The van der Waals surface area contributed by atoms with Crippen LogP contribution in [0.2, 0.25) is 5.02 Å². The molecular formula is C12H18Cl3N3O. The molecule has 1 aromatic rings. The molecule has 1 aliphatic heterocycles. The molecule has 1 unspecified atom stereocenters. The van der Waals surface area contributed by atoms with E-state index in [0.29, 0.717) is 23.2 Å². The molecule has 1 atom stereocenters. The summed E-state index contributed by atoms with van der Waals surface area (Å²) in [6, 6.07) is 3.30. The maximum atomic E-state index is 11.7. The number of hydrogen-bond donors (Lipinski definition) is 2. The molecule has 1 fully saturated rings. The molecule has 1 amide bonds. The zero-order valence-electron chi connectivity index (χ0n) is 10.4. The summed E-state index contributed by atoms with van der Waals surface area (Å²) in [4.78, 5) is 15.7. The predicted molar refractivity (Wildman–Crippen MR) is 81.7 cm³/mol. The first-order valence-corrected chi connectivity index (χ1v) is 6.24. The third-order valence-corrected chi connectivity index (χ3v) is 3.18. The first-order chi connectivity index (χ1) is 8.25. The quantitative estimate of drug-likeness (QED) is 0.893. The largest absolute Gasteiger partial charge is 0.351 e. The number of nitrogens with one attached hydrogen (secondary N) is 2. The smallest absolute Gasteiger partial charge is 0.269 e. The SMILES string of the molecule is Cl.Cl.O=C(NCCC1CCNC1)c1ccc(Cl)cn1. The van der Waals surface area contributed by atoms with Crippen LogP contribution in [0.4, 0.5) is 0 Å². The third kappa shape index (κ3) is 5.95. The van der Waals surface area contributed by atoms with Crippen molar-refractivity contribution in [3.63, 3.8) is 0 Å². The van der Waals surface area contributed by atoms with Crippen LogP contribution >= 0.6 is 36.4 Å². The van der Waals surface area contributed by atoms with Gasteiger partial charge in [-0.05, 0) is 44.0 Å². The lowest BCUT2D eigenvalue weighted by atomic mass is 10.1. The lowest BCUT2D eigenvalue weighted by Gasteiger charge is -2.08. The Hall–Kier alpha value is -0.550. The number of carbonyl (C=O) groups excluding carboxylic acids is 1. The molecule has 2 heterocycles. The summed E-state index contributed by atoms with van der Waals surface area (Å²) in [6.45, 7) is 2.86. The second kappa shape index (κ2) is 9.37. The molecule has 1 saturated heterocycles. The molecule has 7 heteroatoms. The Bertz CT molecular complexity index is 380. The van der Waals surface area contributed by atoms with E-state index in [0.717, 1.165) is 19.5 Å². The third-order valence-electron chi connectivity index (χ3n) is 2.96. The van der Waals surface area contributed by atoms with Crippen molar-refractivity contribution in [3.05, 3.63) is 29.0 Å². The molecule has 19 heavy (non-hydrogen) atoms. The van der Waals surface area contributed by atoms with Crippen LogP contribution in [0, 0.1) is 5.92 Å². The van der Waals surface area contributed by atoms with Gasteiger partial charge in [-0.25, -0.2) is 4.98 Å². The van der Waals surface area contributed by atoms with Gasteiger partial charge in [0.25, 0.3) is 5.91 Å². The fourth-order valence-electron chi connectivity index (χ4n) is 1.95. The van der Waals surface area contributed by atoms with E-state index in [1.54, 1.807) is 12.1 Å². The van der Waals surface area contributed by atoms with Crippen LogP contribution in [0.1, 0.15) is 23.3 Å². The number of aromatic nitrogens is 1. The maximum absolute atomic E-state index is 11.7. The molecule has 2 rings (SSSR count). The minimum Gasteiger partial charge on any atom is -0.351 e. The zero-order valence-corrected chi connectivity index (χ0v) is 12.8. The summed E-state index contributed by atoms with van der Waals surface area (Å²) in [5.74, 6) is 0.557. The van der Waals surface area contributed by atoms with E-state index in [1.165, 1.54) is 12.6 Å². The van der Waals surface area contributed by atoms with Crippen LogP contribution in [-0.4, -0.2) is 30.5 Å². The minimum atomic E-state index is -0.132. The van der Waals surface area contributed by atoms with Crippen molar-refractivity contribution in [2.24, 2.45) is 5.92 Å². The number of nitrogens with zero attached hydrogens (tertiary/aromatic N) is 1. The molecule has 1 aliphatic rings. The van der Waals surface area contributed by atoms with Gasteiger partial charge in [0.2, 0.25) is 0 Å². The second-order valence-corrected chi connectivity index (χ2v) is 4.70. The number of amides is 1. The highest BCUT2D eigenvalue weighted by atomic mass is 35.5. The fraction of sp³-hybridized carbons (Fsp3) is 0.500. The molecule has 0 aromatic carbocycles. The van der Waals surface area contributed by atoms with E-state index in [2.05, 4.69) is 15.6 Å². The Morgan fingerprint density at radius 1 is 1.47 bits per heavy atom. The molecule has 4 nitrogen and oxygen atoms in total. The second-order valence-electron chi connectivity index (χ2n) is 4.27. The van der Waals surface area contributed by atoms with E-state index < -0.39 is 0 Å². The Kier molecular flexibility index (Phi) is 9.10. The van der Waals surface area contributed by atoms with Crippen molar-refractivity contribution >= 4 is 42.3 Å². The first-order valence-electron chi connectivity index (χ1n) is 5.86. The van der Waals surface area contributed by atoms with Gasteiger partial charge < -0.3 is 10.6 Å². The summed E-state index contributed by atoms with van der Waals surface area (Å²) in [7, 11) is 0. The van der Waals surface area contributed by atoms with Crippen molar-refractivity contribution in [1.82, 2.24) is 15.6 Å². The lowest BCUT2D eigenvalue weighted by molar-refractivity contribution is 0.0946. The number of rotatable bonds is 4. The van der Waals surface area contributed by atoms with Crippen LogP contribution in [0.25, 0.3) is 0 Å². The van der Waals surface area contributed by atoms with Gasteiger partial charge in [0.1, 0.15) is 5.69 Å². The highest BCUT2D eigenvalue weighted by Crippen LogP contribution is 2.11. The number of hydrogen-bond acceptors (Lipinski definition) is 3. The van der Waals surface area contributed by atoms with Gasteiger partial charge in [-0.3, -0.25) is 4.79 Å². The van der Waals surface area contributed by atoms with Gasteiger partial charge in [-0.1, -0.05) is 11.6 Å². The van der Waals surface area contributed by atoms with E-state index in [9.17, 15) is 4.79 Å². The van der Waals surface area contributed by atoms with Crippen molar-refractivity contribution < 1.29 is 4.79 Å². The number of pyridine rings is 1. The number of carbonyl (C=O) groups is 1. The van der Waals surface area contributed by atoms with Crippen molar-refractivity contribution in [2.45, 2.75) is 12.8 Å². The van der Waals surface area contributed by atoms with Crippen LogP contribution < -0.4 is 10.6 Å². The highest BCUT2D eigenvalue weighted by Gasteiger charge is 2.14. The van der Waals surface area contributed by atoms with Crippen molar-refractivity contribution in [1.29, 1.82) is 0 Å². The van der Waals surface area contributed by atoms with Crippen LogP contribution in [0.15, 0.2) is 18.3 Å². The Labute approximate surface area is 130 Å². The Morgan fingerprint density at radius 3 is 2.84 bits per heavy atom. The molecule has 0 radical (unpaired) electrons. The topological polar surface area (TPSA) is 54.0 Å². The monoisotopic (exact) mass is 325 g/mol. The van der Waals surface area contributed by atoms with E-state index in [1.807, 2.05) is 0 Å². The maximum Gasteiger partial charge on any atom is 0.269 e. The molecular weight excluding hydrogens is 309 g/mol. The lowest BCUT2D eigenvalue weighted by Crippen LogP contribution is -2.27. The molecule has 2 N–H and O–H groups in total. The zero-order chi connectivity index (χ0) is 12.1. The summed E-state index contributed by atoms with van der Waals surface area (Å²) < 4.78 is 0.